The van der Waals surface area contributed by atoms with Gasteiger partial charge in [0.15, 0.2) is 5.82 Å². The average Bonchev–Trinajstić information content (AvgIpc) is 3.50. The zero-order chi connectivity index (χ0) is 27.9. The van der Waals surface area contributed by atoms with Crippen molar-refractivity contribution in [2.75, 3.05) is 23.7 Å². The number of benzene rings is 1. The number of hydrogen-bond donors (Lipinski definition) is 3. The fraction of sp³-hybridized carbons (Fsp3) is 0.519. The third-order valence-corrected chi connectivity index (χ3v) is 9.73. The van der Waals surface area contributed by atoms with Crippen LogP contribution in [-0.4, -0.2) is 52.6 Å². The summed E-state index contributed by atoms with van der Waals surface area (Å²) in [6.45, 7) is 12.0. The monoisotopic (exact) mass is 573 g/mol. The lowest BCUT2D eigenvalue weighted by Gasteiger charge is -2.27. The normalized spacial score (nSPS) is 17.8. The zero-order valence-electron chi connectivity index (χ0n) is 23.0. The van der Waals surface area contributed by atoms with Crippen molar-refractivity contribution in [3.63, 3.8) is 0 Å². The molecule has 0 saturated carbocycles. The molecule has 10 nitrogen and oxygen atoms in total. The van der Waals surface area contributed by atoms with Crippen molar-refractivity contribution in [1.29, 1.82) is 0 Å². The van der Waals surface area contributed by atoms with E-state index in [1.54, 1.807) is 24.7 Å². The molecule has 1 fully saturated rings. The van der Waals surface area contributed by atoms with Crippen molar-refractivity contribution < 1.29 is 13.2 Å². The largest absolute Gasteiger partial charge is 0.488 e. The molecule has 3 N–H and O–H groups in total. The third-order valence-electron chi connectivity index (χ3n) is 7.37. The smallest absolute Gasteiger partial charge is 0.229 e. The number of aryl methyl sites for hydroxylation is 2. The van der Waals surface area contributed by atoms with E-state index in [0.29, 0.717) is 24.1 Å². The molecule has 2 aromatic heterocycles. The van der Waals surface area contributed by atoms with Crippen molar-refractivity contribution in [1.82, 2.24) is 25.1 Å². The summed E-state index contributed by atoms with van der Waals surface area (Å²) in [4.78, 5) is 8.98. The van der Waals surface area contributed by atoms with Gasteiger partial charge in [0.25, 0.3) is 0 Å². The van der Waals surface area contributed by atoms with Crippen LogP contribution in [0.5, 0.6) is 5.75 Å². The summed E-state index contributed by atoms with van der Waals surface area (Å²) in [5.41, 5.74) is 5.02. The first kappa shape index (κ1) is 27.7. The number of nitrogens with zero attached hydrogens (tertiary/aromatic N) is 4. The number of nitrogens with one attached hydrogen (secondary N) is 3. The van der Waals surface area contributed by atoms with Gasteiger partial charge >= 0.3 is 0 Å². The van der Waals surface area contributed by atoms with Crippen molar-refractivity contribution in [2.45, 2.75) is 82.7 Å². The Balaban J connectivity index is 1.48. The lowest BCUT2D eigenvalue weighted by molar-refractivity contribution is 0.256. The van der Waals surface area contributed by atoms with E-state index in [9.17, 15) is 8.42 Å². The summed E-state index contributed by atoms with van der Waals surface area (Å²) in [6, 6.07) is 2.11. The molecular formula is C27H36ClN7O3S. The van der Waals surface area contributed by atoms with E-state index in [-0.39, 0.29) is 22.0 Å². The van der Waals surface area contributed by atoms with E-state index < -0.39 is 15.1 Å². The van der Waals surface area contributed by atoms with Gasteiger partial charge in [-0.15, -0.1) is 0 Å². The molecule has 5 rings (SSSR count). The Labute approximate surface area is 234 Å². The number of piperidine rings is 1. The van der Waals surface area contributed by atoms with Crippen molar-refractivity contribution in [3.8, 4) is 5.75 Å². The van der Waals surface area contributed by atoms with Gasteiger partial charge < -0.3 is 20.7 Å². The maximum Gasteiger partial charge on any atom is 0.229 e. The van der Waals surface area contributed by atoms with Crippen LogP contribution in [0.25, 0.3) is 0 Å². The third kappa shape index (κ3) is 5.44. The Morgan fingerprint density at radius 1 is 1.23 bits per heavy atom. The minimum absolute atomic E-state index is 0.0344. The minimum Gasteiger partial charge on any atom is -0.488 e. The van der Waals surface area contributed by atoms with Gasteiger partial charge in [0, 0.05) is 24.7 Å². The van der Waals surface area contributed by atoms with Crippen LogP contribution < -0.4 is 20.7 Å². The first-order valence-electron chi connectivity index (χ1n) is 13.5. The predicted molar refractivity (Wildman–Crippen MR) is 154 cm³/mol. The first-order valence-corrected chi connectivity index (χ1v) is 15.4. The molecule has 3 aromatic rings. The summed E-state index contributed by atoms with van der Waals surface area (Å²) in [5, 5.41) is 13.7. The molecule has 0 spiro atoms. The average molecular weight is 574 g/mol. The molecular weight excluding hydrogens is 538 g/mol. The number of anilines is 4. The second-order valence-corrected chi connectivity index (χ2v) is 13.4. The van der Waals surface area contributed by atoms with Crippen LogP contribution in [0.2, 0.25) is 5.02 Å². The fourth-order valence-electron chi connectivity index (χ4n) is 5.37. The molecule has 0 aliphatic carbocycles. The highest BCUT2D eigenvalue weighted by Crippen LogP contribution is 2.45. The zero-order valence-corrected chi connectivity index (χ0v) is 24.6. The molecule has 1 aromatic carbocycles. The highest BCUT2D eigenvalue weighted by atomic mass is 35.5. The Morgan fingerprint density at radius 2 is 1.97 bits per heavy atom. The number of sulfone groups is 1. The number of aromatic nitrogens is 4. The number of halogens is 1. The summed E-state index contributed by atoms with van der Waals surface area (Å²) in [6.07, 6.45) is 6.32. The second kappa shape index (κ2) is 10.9. The topological polar surface area (TPSA) is 123 Å². The second-order valence-electron chi connectivity index (χ2n) is 10.6. The number of hydrogen-bond acceptors (Lipinski definition) is 9. The predicted octanol–water partition coefficient (Wildman–Crippen LogP) is 5.11. The van der Waals surface area contributed by atoms with Crippen LogP contribution in [0, 0.1) is 6.92 Å². The Bertz CT molecular complexity index is 1480. The molecule has 0 radical (unpaired) electrons. The highest BCUT2D eigenvalue weighted by Gasteiger charge is 2.31. The number of rotatable bonds is 8. The molecule has 0 bridgehead atoms. The van der Waals surface area contributed by atoms with Gasteiger partial charge in [0.05, 0.1) is 22.8 Å². The van der Waals surface area contributed by atoms with E-state index >= 15 is 0 Å². The quantitative estimate of drug-likeness (QED) is 0.337. The molecule has 2 aliphatic heterocycles. The first-order chi connectivity index (χ1) is 18.6. The number of fused-ring (bicyclic) bond motifs is 1. The van der Waals surface area contributed by atoms with Gasteiger partial charge in [0.2, 0.25) is 20.8 Å². The van der Waals surface area contributed by atoms with Crippen LogP contribution in [0.4, 0.5) is 23.1 Å². The lowest BCUT2D eigenvalue weighted by atomic mass is 9.83. The Hall–Kier alpha value is -2.89. The van der Waals surface area contributed by atoms with E-state index in [2.05, 4.69) is 50.9 Å². The summed E-state index contributed by atoms with van der Waals surface area (Å²) >= 11 is 6.44. The van der Waals surface area contributed by atoms with Gasteiger partial charge in [-0.1, -0.05) is 11.6 Å². The van der Waals surface area contributed by atoms with Gasteiger partial charge in [-0.05, 0) is 83.7 Å². The van der Waals surface area contributed by atoms with Gasteiger partial charge in [-0.2, -0.15) is 10.1 Å². The minimum atomic E-state index is -3.64. The standard InChI is InChI=1S/C27H36ClN7O3S/c1-6-35-14-22(26(34-35)39(36,37)15(2)3)31-25-20(28)13-30-27(33-25)32-21-11-16(4)23(18-7-9-29-10-8-18)19-12-17(5)38-24(19)21/h11,13-15,17-18,29H,6-10,12H2,1-5H3,(H2,30,31,32,33). The van der Waals surface area contributed by atoms with E-state index in [1.165, 1.54) is 22.9 Å². The Morgan fingerprint density at radius 3 is 2.67 bits per heavy atom. The van der Waals surface area contributed by atoms with Gasteiger partial charge in [-0.25, -0.2) is 13.4 Å². The highest BCUT2D eigenvalue weighted by molar-refractivity contribution is 7.92. The molecule has 12 heteroatoms. The number of ether oxygens (including phenoxy) is 1. The van der Waals surface area contributed by atoms with Crippen LogP contribution >= 0.6 is 11.6 Å². The van der Waals surface area contributed by atoms with Gasteiger partial charge in [0.1, 0.15) is 16.9 Å². The van der Waals surface area contributed by atoms with E-state index in [1.807, 2.05) is 6.92 Å². The van der Waals surface area contributed by atoms with Crippen LogP contribution in [0.3, 0.4) is 0 Å². The van der Waals surface area contributed by atoms with E-state index in [4.69, 9.17) is 16.3 Å². The van der Waals surface area contributed by atoms with E-state index in [0.717, 1.165) is 43.8 Å². The molecule has 1 saturated heterocycles. The molecule has 1 unspecified atom stereocenters. The molecule has 39 heavy (non-hydrogen) atoms. The van der Waals surface area contributed by atoms with Crippen LogP contribution in [-0.2, 0) is 22.8 Å². The van der Waals surface area contributed by atoms with Crippen molar-refractivity contribution in [2.24, 2.45) is 0 Å². The van der Waals surface area contributed by atoms with Gasteiger partial charge in [-0.3, -0.25) is 4.68 Å². The van der Waals surface area contributed by atoms with Crippen LogP contribution in [0.1, 0.15) is 63.1 Å². The maximum absolute atomic E-state index is 13.0. The lowest BCUT2D eigenvalue weighted by Crippen LogP contribution is -2.27. The molecule has 4 heterocycles. The Kier molecular flexibility index (Phi) is 7.76. The van der Waals surface area contributed by atoms with Crippen molar-refractivity contribution in [3.05, 3.63) is 40.2 Å². The molecule has 1 atom stereocenters. The molecule has 2 aliphatic rings. The summed E-state index contributed by atoms with van der Waals surface area (Å²) in [7, 11) is -3.64. The summed E-state index contributed by atoms with van der Waals surface area (Å²) in [5.74, 6) is 1.96. The summed E-state index contributed by atoms with van der Waals surface area (Å²) < 4.78 is 33.8. The SMILES string of the molecule is CCn1cc(Nc2nc(Nc3cc(C)c(C4CCNCC4)c4c3OC(C)C4)ncc2Cl)c(S(=O)(=O)C(C)C)n1. The maximum atomic E-state index is 13.0. The molecule has 0 amide bonds. The van der Waals surface area contributed by atoms with Crippen molar-refractivity contribution >= 4 is 44.6 Å². The molecule has 210 valence electrons. The fourth-order valence-corrected chi connectivity index (χ4v) is 6.58. The van der Waals surface area contributed by atoms with Crippen LogP contribution in [0.15, 0.2) is 23.5 Å².